The van der Waals surface area contributed by atoms with E-state index in [1.54, 1.807) is 11.3 Å². The summed E-state index contributed by atoms with van der Waals surface area (Å²) in [6.45, 7) is 9.18. The Morgan fingerprint density at radius 3 is 2.91 bits per heavy atom. The van der Waals surface area contributed by atoms with Gasteiger partial charge < -0.3 is 10.2 Å². The van der Waals surface area contributed by atoms with Crippen molar-refractivity contribution in [3.63, 3.8) is 0 Å². The molecule has 1 aliphatic rings. The summed E-state index contributed by atoms with van der Waals surface area (Å²) in [5.41, 5.74) is 2.44. The fourth-order valence-corrected chi connectivity index (χ4v) is 3.93. The Kier molecular flexibility index (Phi) is 5.28. The predicted octanol–water partition coefficient (Wildman–Crippen LogP) is 3.35. The average molecular weight is 318 g/mol. The lowest BCUT2D eigenvalue weighted by Gasteiger charge is -2.33. The fourth-order valence-electron chi connectivity index (χ4n) is 3.17. The molecule has 0 spiro atoms. The highest BCUT2D eigenvalue weighted by molar-refractivity contribution is 7.13. The van der Waals surface area contributed by atoms with E-state index in [9.17, 15) is 0 Å². The lowest BCUT2D eigenvalue weighted by Crippen LogP contribution is -2.43. The molecule has 120 valence electrons. The van der Waals surface area contributed by atoms with Gasteiger partial charge in [0.15, 0.2) is 0 Å². The van der Waals surface area contributed by atoms with Gasteiger partial charge in [0.05, 0.1) is 16.8 Å². The molecule has 0 amide bonds. The second kappa shape index (κ2) is 7.40. The summed E-state index contributed by atoms with van der Waals surface area (Å²) in [5, 5.41) is 13.2. The summed E-state index contributed by atoms with van der Waals surface area (Å²) >= 11 is 1.76. The van der Waals surface area contributed by atoms with Crippen LogP contribution in [0.2, 0.25) is 0 Å². The molecular formula is C17H26N4S. The van der Waals surface area contributed by atoms with Gasteiger partial charge in [0, 0.05) is 24.7 Å². The van der Waals surface area contributed by atoms with Gasteiger partial charge in [0.1, 0.15) is 0 Å². The van der Waals surface area contributed by atoms with Crippen molar-refractivity contribution in [3.8, 4) is 10.6 Å². The van der Waals surface area contributed by atoms with E-state index in [0.29, 0.717) is 6.04 Å². The van der Waals surface area contributed by atoms with Gasteiger partial charge in [-0.05, 0) is 43.3 Å². The van der Waals surface area contributed by atoms with Crippen molar-refractivity contribution < 1.29 is 0 Å². The van der Waals surface area contributed by atoms with Crippen molar-refractivity contribution in [3.05, 3.63) is 29.3 Å². The number of rotatable bonds is 6. The molecule has 0 aliphatic carbocycles. The average Bonchev–Trinajstić information content (AvgIpc) is 3.17. The van der Waals surface area contributed by atoms with E-state index in [2.05, 4.69) is 51.8 Å². The van der Waals surface area contributed by atoms with Gasteiger partial charge in [-0.1, -0.05) is 19.9 Å². The zero-order valence-corrected chi connectivity index (χ0v) is 14.3. The van der Waals surface area contributed by atoms with Crippen LogP contribution in [0.4, 0.5) is 0 Å². The summed E-state index contributed by atoms with van der Waals surface area (Å²) in [6, 6.07) is 4.86. The van der Waals surface area contributed by atoms with E-state index in [4.69, 9.17) is 0 Å². The first-order valence-electron chi connectivity index (χ1n) is 8.24. The van der Waals surface area contributed by atoms with Crippen LogP contribution in [0, 0.1) is 5.92 Å². The van der Waals surface area contributed by atoms with Gasteiger partial charge >= 0.3 is 0 Å². The highest BCUT2D eigenvalue weighted by atomic mass is 32.1. The summed E-state index contributed by atoms with van der Waals surface area (Å²) < 4.78 is 0. The zero-order valence-electron chi connectivity index (χ0n) is 13.5. The molecule has 1 fully saturated rings. The maximum atomic E-state index is 4.22. The van der Waals surface area contributed by atoms with Crippen LogP contribution in [0.15, 0.2) is 23.7 Å². The van der Waals surface area contributed by atoms with Gasteiger partial charge in [-0.25, -0.2) is 0 Å². The van der Waals surface area contributed by atoms with Crippen LogP contribution in [-0.2, 0) is 6.54 Å². The van der Waals surface area contributed by atoms with Crippen molar-refractivity contribution in [2.24, 2.45) is 5.92 Å². The molecule has 1 aliphatic heterocycles. The Morgan fingerprint density at radius 2 is 2.23 bits per heavy atom. The summed E-state index contributed by atoms with van der Waals surface area (Å²) in [7, 11) is 0. The lowest BCUT2D eigenvalue weighted by molar-refractivity contribution is 0.179. The Balaban J connectivity index is 1.49. The highest BCUT2D eigenvalue weighted by Gasteiger charge is 2.19. The minimum absolute atomic E-state index is 0.634. The number of hydrogen-bond acceptors (Lipinski definition) is 4. The van der Waals surface area contributed by atoms with E-state index in [1.807, 2.05) is 6.20 Å². The second-order valence-corrected chi connectivity index (χ2v) is 7.54. The minimum Gasteiger partial charge on any atom is -0.310 e. The minimum atomic E-state index is 0.634. The van der Waals surface area contributed by atoms with Gasteiger partial charge in [-0.3, -0.25) is 5.10 Å². The number of thiophene rings is 1. The van der Waals surface area contributed by atoms with E-state index < -0.39 is 0 Å². The molecule has 0 aromatic carbocycles. The fraction of sp³-hybridized carbons (Fsp3) is 0.588. The first kappa shape index (κ1) is 15.7. The number of likely N-dealkylation sites (tertiary alicyclic amines) is 1. The maximum absolute atomic E-state index is 4.22. The SMILES string of the molecule is CC(C)CN1CCC(NCc2cn[nH]c2-c2cccs2)CC1. The highest BCUT2D eigenvalue weighted by Crippen LogP contribution is 2.26. The summed E-state index contributed by atoms with van der Waals surface area (Å²) in [6.07, 6.45) is 4.45. The second-order valence-electron chi connectivity index (χ2n) is 6.60. The molecule has 4 nitrogen and oxygen atoms in total. The Morgan fingerprint density at radius 1 is 1.41 bits per heavy atom. The molecule has 2 N–H and O–H groups in total. The van der Waals surface area contributed by atoms with Crippen LogP contribution in [0.25, 0.3) is 10.6 Å². The molecule has 0 bridgehead atoms. The summed E-state index contributed by atoms with van der Waals surface area (Å²) in [5.74, 6) is 0.767. The molecule has 2 aromatic heterocycles. The molecular weight excluding hydrogens is 292 g/mol. The first-order chi connectivity index (χ1) is 10.7. The number of aromatic nitrogens is 2. The van der Waals surface area contributed by atoms with Crippen LogP contribution in [-0.4, -0.2) is 40.8 Å². The van der Waals surface area contributed by atoms with Crippen LogP contribution in [0.5, 0.6) is 0 Å². The number of aromatic amines is 1. The van der Waals surface area contributed by atoms with Crippen molar-refractivity contribution >= 4 is 11.3 Å². The third-order valence-corrected chi connectivity index (χ3v) is 5.16. The summed E-state index contributed by atoms with van der Waals surface area (Å²) in [4.78, 5) is 3.86. The van der Waals surface area contributed by atoms with Crippen LogP contribution >= 0.6 is 11.3 Å². The van der Waals surface area contributed by atoms with E-state index in [-0.39, 0.29) is 0 Å². The molecule has 0 radical (unpaired) electrons. The normalized spacial score (nSPS) is 17.4. The number of piperidine rings is 1. The van der Waals surface area contributed by atoms with Crippen LogP contribution < -0.4 is 5.32 Å². The molecule has 2 aromatic rings. The molecule has 5 heteroatoms. The Labute approximate surface area is 136 Å². The monoisotopic (exact) mass is 318 g/mol. The molecule has 3 rings (SSSR count). The van der Waals surface area contributed by atoms with E-state index in [0.717, 1.165) is 12.5 Å². The maximum Gasteiger partial charge on any atom is 0.0794 e. The molecule has 0 unspecified atom stereocenters. The standard InChI is InChI=1S/C17H26N4S/c1-13(2)12-21-7-5-15(6-8-21)18-10-14-11-19-20-17(14)16-4-3-9-22-16/h3-4,9,11,13,15,18H,5-8,10,12H2,1-2H3,(H,19,20). The molecule has 3 heterocycles. The number of hydrogen-bond donors (Lipinski definition) is 2. The van der Waals surface area contributed by atoms with Crippen LogP contribution in [0.1, 0.15) is 32.3 Å². The van der Waals surface area contributed by atoms with Gasteiger partial charge in [-0.2, -0.15) is 5.10 Å². The van der Waals surface area contributed by atoms with Crippen molar-refractivity contribution in [2.75, 3.05) is 19.6 Å². The van der Waals surface area contributed by atoms with Gasteiger partial charge in [0.2, 0.25) is 0 Å². The first-order valence-corrected chi connectivity index (χ1v) is 9.12. The predicted molar refractivity (Wildman–Crippen MR) is 93.0 cm³/mol. The largest absolute Gasteiger partial charge is 0.310 e. The van der Waals surface area contributed by atoms with Crippen molar-refractivity contribution in [1.82, 2.24) is 20.4 Å². The Hall–Kier alpha value is -1.17. The van der Waals surface area contributed by atoms with Gasteiger partial charge in [-0.15, -0.1) is 11.3 Å². The van der Waals surface area contributed by atoms with E-state index in [1.165, 1.54) is 48.6 Å². The van der Waals surface area contributed by atoms with Gasteiger partial charge in [0.25, 0.3) is 0 Å². The quantitative estimate of drug-likeness (QED) is 0.858. The third-order valence-electron chi connectivity index (χ3n) is 4.28. The van der Waals surface area contributed by atoms with Crippen LogP contribution in [0.3, 0.4) is 0 Å². The molecule has 22 heavy (non-hydrogen) atoms. The zero-order chi connectivity index (χ0) is 15.4. The molecule has 1 saturated heterocycles. The third kappa shape index (κ3) is 3.97. The topological polar surface area (TPSA) is 44.0 Å². The Bertz CT molecular complexity index is 553. The lowest BCUT2D eigenvalue weighted by atomic mass is 10.0. The number of nitrogens with one attached hydrogen (secondary N) is 2. The van der Waals surface area contributed by atoms with Crippen molar-refractivity contribution in [1.29, 1.82) is 0 Å². The van der Waals surface area contributed by atoms with Crippen molar-refractivity contribution in [2.45, 2.75) is 39.3 Å². The van der Waals surface area contributed by atoms with E-state index >= 15 is 0 Å². The molecule has 0 saturated carbocycles. The molecule has 0 atom stereocenters. The smallest absolute Gasteiger partial charge is 0.0794 e. The number of nitrogens with zero attached hydrogens (tertiary/aromatic N) is 2. The number of H-pyrrole nitrogens is 1.